The number of unbranched alkanes of at least 4 members (excludes halogenated alkanes) is 30. The van der Waals surface area contributed by atoms with Gasteiger partial charge >= 0.3 is 19.8 Å². The largest absolute Gasteiger partial charge is 0.472 e. The first kappa shape index (κ1) is 58.5. The molecular weight excluding hydrogens is 774 g/mol. The van der Waals surface area contributed by atoms with Gasteiger partial charge < -0.3 is 19.7 Å². The summed E-state index contributed by atoms with van der Waals surface area (Å²) in [6.07, 6.45) is 50.8. The van der Waals surface area contributed by atoms with Crippen molar-refractivity contribution in [1.29, 1.82) is 0 Å². The maximum absolute atomic E-state index is 12.7. The van der Waals surface area contributed by atoms with E-state index in [1.165, 1.54) is 161 Å². The Morgan fingerprint density at radius 3 is 1.35 bits per heavy atom. The van der Waals surface area contributed by atoms with Crippen molar-refractivity contribution in [2.75, 3.05) is 33.4 Å². The Kier molecular flexibility index (Phi) is 45.8. The molecule has 2 N–H and O–H groups in total. The van der Waals surface area contributed by atoms with Gasteiger partial charge in [0, 0.05) is 19.4 Å². The molecule has 0 fully saturated rings. The van der Waals surface area contributed by atoms with Crippen LogP contribution in [0.2, 0.25) is 0 Å². The summed E-state index contributed by atoms with van der Waals surface area (Å²) in [5.74, 6) is -0.803. The normalized spacial score (nSPS) is 13.3. The monoisotopic (exact) mass is 870 g/mol. The van der Waals surface area contributed by atoms with E-state index in [1.807, 2.05) is 0 Å². The number of ether oxygens (including phenoxy) is 2. The van der Waals surface area contributed by atoms with Crippen LogP contribution in [0.15, 0.2) is 24.3 Å². The molecule has 0 spiro atoms. The summed E-state index contributed by atoms with van der Waals surface area (Å²) in [4.78, 5) is 35.2. The van der Waals surface area contributed by atoms with E-state index in [0.29, 0.717) is 19.4 Å². The summed E-state index contributed by atoms with van der Waals surface area (Å²) < 4.78 is 33.3. The van der Waals surface area contributed by atoms with Crippen LogP contribution in [0.25, 0.3) is 0 Å². The molecule has 10 heteroatoms. The van der Waals surface area contributed by atoms with Crippen molar-refractivity contribution in [1.82, 2.24) is 5.32 Å². The highest BCUT2D eigenvalue weighted by atomic mass is 31.2. The molecule has 0 aliphatic carbocycles. The van der Waals surface area contributed by atoms with Gasteiger partial charge in [-0.25, -0.2) is 4.57 Å². The molecule has 0 aliphatic rings. The number of nitrogens with one attached hydrogen (secondary N) is 1. The van der Waals surface area contributed by atoms with Gasteiger partial charge in [-0.1, -0.05) is 212 Å². The smallest absolute Gasteiger partial charge is 0.462 e. The van der Waals surface area contributed by atoms with Gasteiger partial charge in [0.05, 0.1) is 13.2 Å². The zero-order chi connectivity index (χ0) is 43.9. The number of carbonyl (C=O) groups is 2. The fourth-order valence-corrected chi connectivity index (χ4v) is 7.98. The Morgan fingerprint density at radius 1 is 0.517 bits per heavy atom. The highest BCUT2D eigenvalue weighted by Crippen LogP contribution is 2.43. The lowest BCUT2D eigenvalue weighted by molar-refractivity contribution is -0.161. The molecule has 0 bridgehead atoms. The highest BCUT2D eigenvalue weighted by Gasteiger charge is 2.26. The summed E-state index contributed by atoms with van der Waals surface area (Å²) in [6, 6.07) is 0. The Hall–Kier alpha value is -1.51. The van der Waals surface area contributed by atoms with Crippen molar-refractivity contribution in [2.24, 2.45) is 0 Å². The van der Waals surface area contributed by atoms with Crippen LogP contribution in [-0.2, 0) is 32.7 Å². The lowest BCUT2D eigenvalue weighted by Crippen LogP contribution is -2.29. The predicted molar refractivity (Wildman–Crippen MR) is 252 cm³/mol. The number of esters is 2. The van der Waals surface area contributed by atoms with Gasteiger partial charge in [-0.05, 0) is 52.0 Å². The van der Waals surface area contributed by atoms with Gasteiger partial charge in [-0.15, -0.1) is 0 Å². The number of phosphoric ester groups is 1. The molecule has 0 saturated carbocycles. The number of phosphoric acid groups is 1. The van der Waals surface area contributed by atoms with E-state index < -0.39 is 26.5 Å². The van der Waals surface area contributed by atoms with E-state index in [9.17, 15) is 19.0 Å². The average Bonchev–Trinajstić information content (AvgIpc) is 3.23. The van der Waals surface area contributed by atoms with E-state index in [1.54, 1.807) is 7.05 Å². The van der Waals surface area contributed by atoms with E-state index in [4.69, 9.17) is 18.5 Å². The molecule has 0 rings (SSSR count). The van der Waals surface area contributed by atoms with Crippen molar-refractivity contribution in [3.05, 3.63) is 24.3 Å². The minimum Gasteiger partial charge on any atom is -0.462 e. The Bertz CT molecular complexity index is 1040. The van der Waals surface area contributed by atoms with Crippen LogP contribution in [0, 0.1) is 0 Å². The van der Waals surface area contributed by atoms with E-state index in [2.05, 4.69) is 43.5 Å². The van der Waals surface area contributed by atoms with E-state index in [0.717, 1.165) is 51.4 Å². The zero-order valence-corrected chi connectivity index (χ0v) is 40.3. The van der Waals surface area contributed by atoms with Crippen molar-refractivity contribution < 1.29 is 37.6 Å². The highest BCUT2D eigenvalue weighted by molar-refractivity contribution is 7.47. The van der Waals surface area contributed by atoms with Gasteiger partial charge in [0.1, 0.15) is 6.61 Å². The molecule has 0 saturated heterocycles. The second-order valence-corrected chi connectivity index (χ2v) is 18.5. The Balaban J connectivity index is 4.09. The molecule has 9 nitrogen and oxygen atoms in total. The van der Waals surface area contributed by atoms with E-state index in [-0.39, 0.29) is 25.6 Å². The maximum Gasteiger partial charge on any atom is 0.472 e. The molecule has 2 unspecified atom stereocenters. The van der Waals surface area contributed by atoms with Gasteiger partial charge in [-0.2, -0.15) is 0 Å². The molecule has 2 atom stereocenters. The first-order chi connectivity index (χ1) is 29.3. The fraction of sp³-hybridized carbons (Fsp3) is 0.880. The van der Waals surface area contributed by atoms with E-state index >= 15 is 0 Å². The third-order valence-electron chi connectivity index (χ3n) is 11.1. The third kappa shape index (κ3) is 46.0. The number of likely N-dealkylation sites (N-methyl/N-ethyl adjacent to an activating group) is 1. The Labute approximate surface area is 370 Å². The van der Waals surface area contributed by atoms with Crippen LogP contribution < -0.4 is 5.32 Å². The van der Waals surface area contributed by atoms with Crippen LogP contribution in [0.4, 0.5) is 0 Å². The molecule has 0 aromatic carbocycles. The van der Waals surface area contributed by atoms with Gasteiger partial charge in [-0.3, -0.25) is 18.6 Å². The molecule has 0 aromatic rings. The van der Waals surface area contributed by atoms with Gasteiger partial charge in [0.25, 0.3) is 0 Å². The average molecular weight is 870 g/mol. The van der Waals surface area contributed by atoms with Gasteiger partial charge in [0.15, 0.2) is 6.10 Å². The molecule has 0 aliphatic heterocycles. The first-order valence-corrected chi connectivity index (χ1v) is 26.8. The SMILES string of the molecule is CCCCC/C=C\C/C=C\CCCCCCCCCC(=O)OC(COC(=O)CCCCCCCCCCCCCCCCCCCCCCC)COP(=O)(O)OCCNC. The van der Waals surface area contributed by atoms with Crippen molar-refractivity contribution in [3.8, 4) is 0 Å². The molecular formula is C50H96NO8P. The summed E-state index contributed by atoms with van der Waals surface area (Å²) in [7, 11) is -2.65. The number of hydrogen-bond donors (Lipinski definition) is 2. The molecule has 0 radical (unpaired) electrons. The van der Waals surface area contributed by atoms with Crippen LogP contribution in [0.1, 0.15) is 245 Å². The zero-order valence-electron chi connectivity index (χ0n) is 39.4. The third-order valence-corrected chi connectivity index (χ3v) is 12.1. The van der Waals surface area contributed by atoms with Crippen molar-refractivity contribution in [3.63, 3.8) is 0 Å². The summed E-state index contributed by atoms with van der Waals surface area (Å²) in [6.45, 7) is 4.24. The van der Waals surface area contributed by atoms with Gasteiger partial charge in [0.2, 0.25) is 0 Å². The first-order valence-electron chi connectivity index (χ1n) is 25.3. The van der Waals surface area contributed by atoms with Crippen LogP contribution in [0.5, 0.6) is 0 Å². The summed E-state index contributed by atoms with van der Waals surface area (Å²) in [5.41, 5.74) is 0. The van der Waals surface area contributed by atoms with Crippen molar-refractivity contribution in [2.45, 2.75) is 251 Å². The second-order valence-electron chi connectivity index (χ2n) is 17.0. The lowest BCUT2D eigenvalue weighted by atomic mass is 10.0. The quantitative estimate of drug-likeness (QED) is 0.0266. The molecule has 60 heavy (non-hydrogen) atoms. The van der Waals surface area contributed by atoms with Crippen LogP contribution in [-0.4, -0.2) is 56.3 Å². The summed E-state index contributed by atoms with van der Waals surface area (Å²) in [5, 5.41) is 2.83. The topological polar surface area (TPSA) is 120 Å². The lowest BCUT2D eigenvalue weighted by Gasteiger charge is -2.20. The maximum atomic E-state index is 12.7. The number of allylic oxidation sites excluding steroid dienone is 4. The second kappa shape index (κ2) is 47.0. The Morgan fingerprint density at radius 2 is 0.900 bits per heavy atom. The minimum absolute atomic E-state index is 0.0165. The standard InChI is InChI=1S/C50H96NO8P/c1-4-6-8-10-12-14-16-18-20-22-23-24-25-27-28-30-32-34-36-38-40-42-49(52)56-46-48(47-58-60(54,55)57-45-44-51-3)59-50(53)43-41-39-37-35-33-31-29-26-21-19-17-15-13-11-9-7-5-2/h13,15,19,21,48,51H,4-12,14,16-18,20,22-47H2,1-3H3,(H,54,55)/b15-13-,21-19-. The van der Waals surface area contributed by atoms with Crippen molar-refractivity contribution >= 4 is 19.8 Å². The molecule has 0 heterocycles. The molecule has 354 valence electrons. The predicted octanol–water partition coefficient (Wildman–Crippen LogP) is 15.0. The number of rotatable bonds is 48. The van der Waals surface area contributed by atoms with Crippen LogP contribution in [0.3, 0.4) is 0 Å². The number of hydrogen-bond acceptors (Lipinski definition) is 8. The minimum atomic E-state index is -4.35. The fourth-order valence-electron chi connectivity index (χ4n) is 7.23. The molecule has 0 aromatic heterocycles. The summed E-state index contributed by atoms with van der Waals surface area (Å²) >= 11 is 0. The molecule has 0 amide bonds. The number of carbonyl (C=O) groups excluding carboxylic acids is 2. The van der Waals surface area contributed by atoms with Crippen LogP contribution >= 0.6 is 7.82 Å².